The van der Waals surface area contributed by atoms with Crippen LogP contribution in [0.2, 0.25) is 0 Å². The molecule has 1 aliphatic rings. The number of nitrogens with zero attached hydrogens (tertiary/aromatic N) is 5. The highest BCUT2D eigenvalue weighted by Gasteiger charge is 2.18. The van der Waals surface area contributed by atoms with E-state index in [1.807, 2.05) is 10.8 Å². The average Bonchev–Trinajstić information content (AvgIpc) is 3.22. The van der Waals surface area contributed by atoms with Crippen LogP contribution in [0.25, 0.3) is 16.9 Å². The lowest BCUT2D eigenvalue weighted by molar-refractivity contribution is 0.175. The number of rotatable bonds is 4. The van der Waals surface area contributed by atoms with Gasteiger partial charge in [-0.3, -0.25) is 9.47 Å². The average molecular weight is 347 g/mol. The lowest BCUT2D eigenvalue weighted by Gasteiger charge is -2.32. The van der Waals surface area contributed by atoms with E-state index in [0.717, 1.165) is 16.9 Å². The van der Waals surface area contributed by atoms with Crippen molar-refractivity contribution in [3.8, 4) is 16.9 Å². The fourth-order valence-electron chi connectivity index (χ4n) is 3.78. The molecule has 1 saturated heterocycles. The number of piperidine rings is 1. The van der Waals surface area contributed by atoms with Crippen molar-refractivity contribution in [3.63, 3.8) is 0 Å². The van der Waals surface area contributed by atoms with Crippen LogP contribution in [0.4, 0.5) is 0 Å². The minimum atomic E-state index is 0.486. The van der Waals surface area contributed by atoms with Gasteiger partial charge in [-0.1, -0.05) is 30.7 Å². The number of aryl methyl sites for hydroxylation is 1. The molecule has 0 saturated carbocycles. The van der Waals surface area contributed by atoms with Crippen LogP contribution in [0.3, 0.4) is 0 Å². The van der Waals surface area contributed by atoms with Crippen LogP contribution in [0.1, 0.15) is 43.4 Å². The molecule has 0 unspecified atom stereocenters. The Bertz CT molecular complexity index is 849. The predicted octanol–water partition coefficient (Wildman–Crippen LogP) is 4.18. The van der Waals surface area contributed by atoms with Crippen molar-refractivity contribution in [2.24, 2.45) is 0 Å². The van der Waals surface area contributed by atoms with Crippen LogP contribution < -0.4 is 0 Å². The van der Waals surface area contributed by atoms with Gasteiger partial charge in [0.2, 0.25) is 0 Å². The largest absolute Gasteiger partial charge is 0.297 e. The molecule has 0 N–H and O–H groups in total. The molecule has 4 rings (SSSR count). The van der Waals surface area contributed by atoms with Gasteiger partial charge < -0.3 is 0 Å². The monoisotopic (exact) mass is 347 g/mol. The highest BCUT2D eigenvalue weighted by atomic mass is 15.2. The summed E-state index contributed by atoms with van der Waals surface area (Å²) in [6.45, 7) is 6.83. The van der Waals surface area contributed by atoms with Crippen molar-refractivity contribution in [1.82, 2.24) is 24.6 Å². The smallest absolute Gasteiger partial charge is 0.142 e. The number of hydrogen-bond acceptors (Lipinski definition) is 4. The van der Waals surface area contributed by atoms with Gasteiger partial charge in [0.15, 0.2) is 0 Å². The molecule has 134 valence electrons. The van der Waals surface area contributed by atoms with E-state index < -0.39 is 0 Å². The minimum Gasteiger partial charge on any atom is -0.297 e. The number of pyridine rings is 1. The summed E-state index contributed by atoms with van der Waals surface area (Å²) < 4.78 is 1.84. The third-order valence-electron chi connectivity index (χ3n) is 5.38. The second-order valence-corrected chi connectivity index (χ2v) is 7.13. The van der Waals surface area contributed by atoms with Gasteiger partial charge in [-0.25, -0.2) is 4.98 Å². The summed E-state index contributed by atoms with van der Waals surface area (Å²) in [4.78, 5) is 7.20. The summed E-state index contributed by atoms with van der Waals surface area (Å²) in [5, 5.41) is 7.71. The topological polar surface area (TPSA) is 46.8 Å². The van der Waals surface area contributed by atoms with Gasteiger partial charge in [-0.2, -0.15) is 0 Å². The molecule has 3 aromatic rings. The van der Waals surface area contributed by atoms with Gasteiger partial charge >= 0.3 is 0 Å². The Kier molecular flexibility index (Phi) is 4.80. The molecular formula is C21H25N5. The second-order valence-electron chi connectivity index (χ2n) is 7.13. The van der Waals surface area contributed by atoms with Crippen LogP contribution >= 0.6 is 0 Å². The van der Waals surface area contributed by atoms with E-state index in [-0.39, 0.29) is 0 Å². The number of aromatic nitrogens is 4. The summed E-state index contributed by atoms with van der Waals surface area (Å²) in [5.41, 5.74) is 4.83. The van der Waals surface area contributed by atoms with Crippen LogP contribution in [-0.2, 0) is 0 Å². The first-order valence-electron chi connectivity index (χ1n) is 9.38. The zero-order chi connectivity index (χ0) is 17.9. The van der Waals surface area contributed by atoms with Gasteiger partial charge in [0.05, 0.1) is 0 Å². The van der Waals surface area contributed by atoms with Gasteiger partial charge in [-0.15, -0.1) is 10.2 Å². The maximum Gasteiger partial charge on any atom is 0.142 e. The fraction of sp³-hybridized carbons (Fsp3) is 0.381. The molecule has 2 aromatic heterocycles. The quantitative estimate of drug-likeness (QED) is 0.710. The molecule has 0 radical (unpaired) electrons. The Balaban J connectivity index is 1.54. The minimum absolute atomic E-state index is 0.486. The van der Waals surface area contributed by atoms with E-state index in [2.05, 4.69) is 64.3 Å². The third-order valence-corrected chi connectivity index (χ3v) is 5.38. The molecule has 1 atom stereocenters. The van der Waals surface area contributed by atoms with E-state index in [1.54, 1.807) is 12.7 Å². The molecule has 1 fully saturated rings. The Morgan fingerprint density at radius 2 is 1.62 bits per heavy atom. The van der Waals surface area contributed by atoms with Gasteiger partial charge in [0, 0.05) is 17.8 Å². The molecule has 0 bridgehead atoms. The maximum absolute atomic E-state index is 4.60. The number of likely N-dealkylation sites (tertiary alicyclic amines) is 1. The molecule has 0 aliphatic carbocycles. The molecule has 0 amide bonds. The van der Waals surface area contributed by atoms with Crippen molar-refractivity contribution in [2.45, 2.75) is 39.2 Å². The zero-order valence-electron chi connectivity index (χ0n) is 15.5. The molecule has 5 heteroatoms. The van der Waals surface area contributed by atoms with E-state index >= 15 is 0 Å². The molecule has 3 heterocycles. The first-order chi connectivity index (χ1) is 12.7. The molecule has 0 spiro atoms. The van der Waals surface area contributed by atoms with Crippen LogP contribution in [-0.4, -0.2) is 37.7 Å². The van der Waals surface area contributed by atoms with Crippen LogP contribution in [0, 0.1) is 6.92 Å². The Morgan fingerprint density at radius 3 is 2.27 bits per heavy atom. The second kappa shape index (κ2) is 7.38. The van der Waals surface area contributed by atoms with E-state index in [4.69, 9.17) is 0 Å². The van der Waals surface area contributed by atoms with E-state index in [1.165, 1.54) is 43.5 Å². The van der Waals surface area contributed by atoms with Crippen molar-refractivity contribution < 1.29 is 0 Å². The number of benzene rings is 1. The Morgan fingerprint density at radius 1 is 0.923 bits per heavy atom. The highest BCUT2D eigenvalue weighted by Crippen LogP contribution is 2.27. The van der Waals surface area contributed by atoms with Crippen LogP contribution in [0.15, 0.2) is 49.2 Å². The van der Waals surface area contributed by atoms with Crippen molar-refractivity contribution in [1.29, 1.82) is 0 Å². The zero-order valence-corrected chi connectivity index (χ0v) is 15.5. The van der Waals surface area contributed by atoms with E-state index in [9.17, 15) is 0 Å². The van der Waals surface area contributed by atoms with Crippen molar-refractivity contribution in [3.05, 3.63) is 60.3 Å². The molecule has 1 aliphatic heterocycles. The summed E-state index contributed by atoms with van der Waals surface area (Å²) in [6, 6.07) is 11.6. The summed E-state index contributed by atoms with van der Waals surface area (Å²) in [7, 11) is 0. The van der Waals surface area contributed by atoms with Gasteiger partial charge in [0.1, 0.15) is 18.5 Å². The lowest BCUT2D eigenvalue weighted by atomic mass is 9.99. The molecule has 26 heavy (non-hydrogen) atoms. The Labute approximate surface area is 154 Å². The summed E-state index contributed by atoms with van der Waals surface area (Å²) in [6.07, 6.45) is 9.29. The SMILES string of the molecule is Cc1cc(-c2ccc([C@@H](C)N3CCCCC3)cc2)cnc1-n1cnnc1. The van der Waals surface area contributed by atoms with Crippen LogP contribution in [0.5, 0.6) is 0 Å². The van der Waals surface area contributed by atoms with Gasteiger partial charge in [-0.05, 0) is 62.5 Å². The molecular weight excluding hydrogens is 322 g/mol. The first kappa shape index (κ1) is 16.9. The first-order valence-corrected chi connectivity index (χ1v) is 9.38. The predicted molar refractivity (Wildman–Crippen MR) is 103 cm³/mol. The maximum atomic E-state index is 4.60. The van der Waals surface area contributed by atoms with Crippen molar-refractivity contribution in [2.75, 3.05) is 13.1 Å². The molecule has 1 aromatic carbocycles. The summed E-state index contributed by atoms with van der Waals surface area (Å²) >= 11 is 0. The van der Waals surface area contributed by atoms with E-state index in [0.29, 0.717) is 6.04 Å². The third kappa shape index (κ3) is 3.40. The van der Waals surface area contributed by atoms with Crippen molar-refractivity contribution >= 4 is 0 Å². The highest BCUT2D eigenvalue weighted by molar-refractivity contribution is 5.64. The molecule has 5 nitrogen and oxygen atoms in total. The Hall–Kier alpha value is -2.53. The summed E-state index contributed by atoms with van der Waals surface area (Å²) in [5.74, 6) is 0.870. The normalized spacial score (nSPS) is 16.5. The standard InChI is InChI=1S/C21H25N5/c1-16-12-20(13-22-21(16)26-14-23-24-15-26)19-8-6-18(7-9-19)17(2)25-10-4-3-5-11-25/h6-9,12-15,17H,3-5,10-11H2,1-2H3/t17-/m1/s1. The lowest BCUT2D eigenvalue weighted by Crippen LogP contribution is -2.32. The fourth-order valence-corrected chi connectivity index (χ4v) is 3.78. The number of hydrogen-bond donors (Lipinski definition) is 0. The van der Waals surface area contributed by atoms with Gasteiger partial charge in [0.25, 0.3) is 0 Å².